The van der Waals surface area contributed by atoms with Gasteiger partial charge in [-0.05, 0) is 37.6 Å². The highest BCUT2D eigenvalue weighted by Crippen LogP contribution is 2.32. The lowest BCUT2D eigenvalue weighted by atomic mass is 10.1. The van der Waals surface area contributed by atoms with Crippen molar-refractivity contribution in [3.05, 3.63) is 54.4 Å². The Balaban J connectivity index is 1.63. The van der Waals surface area contributed by atoms with Crippen LogP contribution < -0.4 is 4.74 Å². The second-order valence-corrected chi connectivity index (χ2v) is 6.03. The molecule has 2 aromatic heterocycles. The molecule has 1 atom stereocenters. The van der Waals surface area contributed by atoms with E-state index in [1.165, 1.54) is 5.56 Å². The molecule has 1 aliphatic heterocycles. The molecule has 0 amide bonds. The van der Waals surface area contributed by atoms with Crippen molar-refractivity contribution >= 4 is 0 Å². The minimum absolute atomic E-state index is 0.262. The second kappa shape index (κ2) is 5.57. The number of fused-ring (bicyclic) bond motifs is 1. The predicted molar refractivity (Wildman–Crippen MR) is 88.5 cm³/mol. The lowest BCUT2D eigenvalue weighted by molar-refractivity contribution is 0.254. The quantitative estimate of drug-likeness (QED) is 0.744. The molecule has 5 heteroatoms. The molecule has 3 aromatic rings. The van der Waals surface area contributed by atoms with E-state index in [4.69, 9.17) is 4.74 Å². The number of hydrogen-bond acceptors (Lipinski definition) is 3. The fraction of sp³-hybridized carbons (Fsp3) is 0.333. The Labute approximate surface area is 135 Å². The molecule has 0 saturated carbocycles. The summed E-state index contributed by atoms with van der Waals surface area (Å²) in [5, 5.41) is 0. The smallest absolute Gasteiger partial charge is 0.140 e. The van der Waals surface area contributed by atoms with E-state index < -0.39 is 0 Å². The highest BCUT2D eigenvalue weighted by molar-refractivity contribution is 5.60. The van der Waals surface area contributed by atoms with Gasteiger partial charge in [-0.3, -0.25) is 0 Å². The summed E-state index contributed by atoms with van der Waals surface area (Å²) in [6.07, 6.45) is 9.04. The van der Waals surface area contributed by atoms with Gasteiger partial charge in [0.1, 0.15) is 17.7 Å². The maximum absolute atomic E-state index is 5.78. The minimum atomic E-state index is 0.262. The van der Waals surface area contributed by atoms with Crippen LogP contribution in [-0.4, -0.2) is 25.2 Å². The topological polar surface area (TPSA) is 44.9 Å². The van der Waals surface area contributed by atoms with Crippen LogP contribution in [-0.2, 0) is 19.5 Å². The summed E-state index contributed by atoms with van der Waals surface area (Å²) >= 11 is 0. The van der Waals surface area contributed by atoms with Crippen LogP contribution in [0, 0.1) is 0 Å². The number of nitrogens with zero attached hydrogens (tertiary/aromatic N) is 4. The zero-order valence-electron chi connectivity index (χ0n) is 13.4. The first-order chi connectivity index (χ1) is 11.2. The Kier molecular flexibility index (Phi) is 3.41. The van der Waals surface area contributed by atoms with Crippen LogP contribution in [0.2, 0.25) is 0 Å². The van der Waals surface area contributed by atoms with Gasteiger partial charge < -0.3 is 13.9 Å². The standard InChI is InChI=1S/C18H20N4O/c1-3-21-10-16(20-12-21)11-22-7-6-19-18(22)14-4-5-17-15(9-14)8-13(2)23-17/h4-7,9-10,12-13H,3,8,11H2,1-2H3. The maximum Gasteiger partial charge on any atom is 0.140 e. The van der Waals surface area contributed by atoms with Crippen LogP contribution in [0.3, 0.4) is 0 Å². The van der Waals surface area contributed by atoms with Crippen LogP contribution in [0.1, 0.15) is 25.1 Å². The van der Waals surface area contributed by atoms with Gasteiger partial charge in [-0.15, -0.1) is 0 Å². The first-order valence-electron chi connectivity index (χ1n) is 8.04. The first kappa shape index (κ1) is 14.1. The molecule has 0 radical (unpaired) electrons. The molecular formula is C18H20N4O. The van der Waals surface area contributed by atoms with Gasteiger partial charge in [0, 0.05) is 37.1 Å². The maximum atomic E-state index is 5.78. The predicted octanol–water partition coefficient (Wildman–Crippen LogP) is 3.14. The number of aromatic nitrogens is 4. The normalized spacial score (nSPS) is 16.3. The molecule has 1 aromatic carbocycles. The number of aryl methyl sites for hydroxylation is 1. The van der Waals surface area contributed by atoms with Crippen molar-refractivity contribution in [3.63, 3.8) is 0 Å². The molecule has 0 aliphatic carbocycles. The summed E-state index contributed by atoms with van der Waals surface area (Å²) in [5.41, 5.74) is 3.44. The van der Waals surface area contributed by atoms with Crippen molar-refractivity contribution in [3.8, 4) is 17.1 Å². The molecule has 3 heterocycles. The molecule has 0 fully saturated rings. The van der Waals surface area contributed by atoms with Gasteiger partial charge in [-0.2, -0.15) is 0 Å². The minimum Gasteiger partial charge on any atom is -0.490 e. The van der Waals surface area contributed by atoms with E-state index in [0.717, 1.165) is 42.3 Å². The summed E-state index contributed by atoms with van der Waals surface area (Å²) in [7, 11) is 0. The second-order valence-electron chi connectivity index (χ2n) is 6.03. The van der Waals surface area contributed by atoms with E-state index in [2.05, 4.69) is 57.3 Å². The van der Waals surface area contributed by atoms with Crippen LogP contribution in [0.15, 0.2) is 43.1 Å². The summed E-state index contributed by atoms with van der Waals surface area (Å²) in [6, 6.07) is 6.33. The SMILES string of the molecule is CCn1cnc(Cn2ccnc2-c2ccc3c(c2)CC(C)O3)c1. The number of rotatable bonds is 4. The monoisotopic (exact) mass is 308 g/mol. The van der Waals surface area contributed by atoms with Crippen molar-refractivity contribution < 1.29 is 4.74 Å². The van der Waals surface area contributed by atoms with Crippen molar-refractivity contribution in [1.82, 2.24) is 19.1 Å². The molecule has 5 nitrogen and oxygen atoms in total. The van der Waals surface area contributed by atoms with Gasteiger partial charge >= 0.3 is 0 Å². The zero-order chi connectivity index (χ0) is 15.8. The molecule has 4 rings (SSSR count). The van der Waals surface area contributed by atoms with E-state index in [1.54, 1.807) is 0 Å². The fourth-order valence-electron chi connectivity index (χ4n) is 3.09. The third-order valence-corrected chi connectivity index (χ3v) is 4.25. The van der Waals surface area contributed by atoms with Crippen molar-refractivity contribution in [2.45, 2.75) is 39.5 Å². The van der Waals surface area contributed by atoms with E-state index in [9.17, 15) is 0 Å². The molecule has 1 unspecified atom stereocenters. The lowest BCUT2D eigenvalue weighted by Crippen LogP contribution is -2.05. The average Bonchev–Trinajstić information content (AvgIpc) is 3.25. The van der Waals surface area contributed by atoms with Gasteiger partial charge in [0.15, 0.2) is 0 Å². The molecule has 118 valence electrons. The molecule has 0 spiro atoms. The van der Waals surface area contributed by atoms with Crippen molar-refractivity contribution in [2.24, 2.45) is 0 Å². The number of benzene rings is 1. The number of hydrogen-bond donors (Lipinski definition) is 0. The van der Waals surface area contributed by atoms with Gasteiger partial charge in [0.2, 0.25) is 0 Å². The van der Waals surface area contributed by atoms with E-state index in [-0.39, 0.29) is 6.10 Å². The highest BCUT2D eigenvalue weighted by atomic mass is 16.5. The van der Waals surface area contributed by atoms with Crippen LogP contribution in [0.4, 0.5) is 0 Å². The van der Waals surface area contributed by atoms with Crippen LogP contribution in [0.5, 0.6) is 5.75 Å². The summed E-state index contributed by atoms with van der Waals surface area (Å²) < 4.78 is 10.0. The molecule has 0 bridgehead atoms. The summed E-state index contributed by atoms with van der Waals surface area (Å²) in [5.74, 6) is 1.97. The lowest BCUT2D eigenvalue weighted by Gasteiger charge is -2.08. The molecule has 0 saturated heterocycles. The third kappa shape index (κ3) is 2.63. The van der Waals surface area contributed by atoms with Gasteiger partial charge in [-0.1, -0.05) is 0 Å². The Morgan fingerprint density at radius 3 is 3.04 bits per heavy atom. The summed E-state index contributed by atoms with van der Waals surface area (Å²) in [6.45, 7) is 5.88. The Bertz CT molecular complexity index is 833. The molecule has 23 heavy (non-hydrogen) atoms. The molecule has 0 N–H and O–H groups in total. The van der Waals surface area contributed by atoms with Gasteiger partial charge in [-0.25, -0.2) is 9.97 Å². The number of imidazole rings is 2. The van der Waals surface area contributed by atoms with Crippen LogP contribution in [0.25, 0.3) is 11.4 Å². The zero-order valence-corrected chi connectivity index (χ0v) is 13.4. The number of ether oxygens (including phenoxy) is 1. The Hall–Kier alpha value is -2.56. The molecule has 1 aliphatic rings. The van der Waals surface area contributed by atoms with Crippen molar-refractivity contribution in [2.75, 3.05) is 0 Å². The first-order valence-corrected chi connectivity index (χ1v) is 8.04. The highest BCUT2D eigenvalue weighted by Gasteiger charge is 2.20. The van der Waals surface area contributed by atoms with Crippen LogP contribution >= 0.6 is 0 Å². The fourth-order valence-corrected chi connectivity index (χ4v) is 3.09. The van der Waals surface area contributed by atoms with E-state index in [1.807, 2.05) is 18.7 Å². The molecular weight excluding hydrogens is 288 g/mol. The Morgan fingerprint density at radius 1 is 1.30 bits per heavy atom. The van der Waals surface area contributed by atoms with Gasteiger partial charge in [0.05, 0.1) is 18.6 Å². The van der Waals surface area contributed by atoms with Crippen molar-refractivity contribution in [1.29, 1.82) is 0 Å². The largest absolute Gasteiger partial charge is 0.490 e. The summed E-state index contributed by atoms with van der Waals surface area (Å²) in [4.78, 5) is 9.00. The third-order valence-electron chi connectivity index (χ3n) is 4.25. The Morgan fingerprint density at radius 2 is 2.22 bits per heavy atom. The van der Waals surface area contributed by atoms with E-state index in [0.29, 0.717) is 0 Å². The average molecular weight is 308 g/mol. The van der Waals surface area contributed by atoms with Gasteiger partial charge in [0.25, 0.3) is 0 Å². The van der Waals surface area contributed by atoms with E-state index >= 15 is 0 Å².